The Morgan fingerprint density at radius 1 is 1.38 bits per heavy atom. The van der Waals surface area contributed by atoms with Gasteiger partial charge in [0.2, 0.25) is 0 Å². The van der Waals surface area contributed by atoms with Gasteiger partial charge in [-0.2, -0.15) is 0 Å². The van der Waals surface area contributed by atoms with E-state index in [2.05, 4.69) is 26.1 Å². The molecule has 2 N–H and O–H groups in total. The molecule has 0 aliphatic heterocycles. The van der Waals surface area contributed by atoms with Crippen molar-refractivity contribution in [1.82, 2.24) is 5.32 Å². The average molecular weight is 308 g/mol. The van der Waals surface area contributed by atoms with Crippen molar-refractivity contribution in [3.8, 4) is 5.75 Å². The molecule has 3 atom stereocenters. The highest BCUT2D eigenvalue weighted by Gasteiger charge is 2.59. The number of amides is 1. The van der Waals surface area contributed by atoms with E-state index in [1.165, 1.54) is 25.3 Å². The number of carbonyl (C=O) groups is 1. The summed E-state index contributed by atoms with van der Waals surface area (Å²) >= 11 is 5.82. The zero-order valence-electron chi connectivity index (χ0n) is 12.7. The molecule has 2 fully saturated rings. The fourth-order valence-electron chi connectivity index (χ4n) is 4.57. The van der Waals surface area contributed by atoms with Gasteiger partial charge in [-0.05, 0) is 54.2 Å². The minimum Gasteiger partial charge on any atom is -0.507 e. The van der Waals surface area contributed by atoms with Crippen LogP contribution in [0.5, 0.6) is 5.75 Å². The van der Waals surface area contributed by atoms with E-state index < -0.39 is 0 Å². The topological polar surface area (TPSA) is 49.3 Å². The molecule has 3 rings (SSSR count). The monoisotopic (exact) mass is 307 g/mol. The quantitative estimate of drug-likeness (QED) is 0.868. The van der Waals surface area contributed by atoms with Crippen molar-refractivity contribution in [2.45, 2.75) is 46.1 Å². The number of phenolic OH excluding ortho intramolecular Hbond substituents is 1. The van der Waals surface area contributed by atoms with E-state index in [0.29, 0.717) is 16.5 Å². The van der Waals surface area contributed by atoms with Crippen LogP contribution < -0.4 is 5.32 Å². The molecule has 2 aliphatic rings. The number of hydrogen-bond acceptors (Lipinski definition) is 2. The van der Waals surface area contributed by atoms with Gasteiger partial charge < -0.3 is 10.4 Å². The summed E-state index contributed by atoms with van der Waals surface area (Å²) in [6.07, 6.45) is 3.60. The maximum absolute atomic E-state index is 12.5. The van der Waals surface area contributed by atoms with Gasteiger partial charge in [0.15, 0.2) is 0 Å². The minimum atomic E-state index is -0.212. The van der Waals surface area contributed by atoms with Gasteiger partial charge in [-0.15, -0.1) is 0 Å². The average Bonchev–Trinajstić information content (AvgIpc) is 2.85. The number of benzene rings is 1. The molecule has 0 radical (unpaired) electrons. The summed E-state index contributed by atoms with van der Waals surface area (Å²) in [4.78, 5) is 12.5. The van der Waals surface area contributed by atoms with Crippen LogP contribution in [0.15, 0.2) is 18.2 Å². The molecule has 0 saturated heterocycles. The van der Waals surface area contributed by atoms with E-state index >= 15 is 0 Å². The summed E-state index contributed by atoms with van der Waals surface area (Å²) in [5.74, 6) is 0.397. The van der Waals surface area contributed by atoms with Crippen molar-refractivity contribution in [3.05, 3.63) is 28.8 Å². The van der Waals surface area contributed by atoms with Crippen LogP contribution in [0.2, 0.25) is 5.02 Å². The number of hydrogen-bond donors (Lipinski definition) is 2. The van der Waals surface area contributed by atoms with Crippen LogP contribution in [0.1, 0.15) is 50.4 Å². The first-order valence-corrected chi connectivity index (χ1v) is 7.91. The molecule has 2 aliphatic carbocycles. The predicted molar refractivity (Wildman–Crippen MR) is 83.6 cm³/mol. The van der Waals surface area contributed by atoms with E-state index in [0.717, 1.165) is 0 Å². The smallest absolute Gasteiger partial charge is 0.255 e. The zero-order valence-corrected chi connectivity index (χ0v) is 13.5. The highest BCUT2D eigenvalue weighted by molar-refractivity contribution is 6.30. The molecule has 1 aromatic rings. The fraction of sp³-hybridized carbons (Fsp3) is 0.588. The van der Waals surface area contributed by atoms with E-state index in [9.17, 15) is 9.90 Å². The van der Waals surface area contributed by atoms with Crippen LogP contribution >= 0.6 is 11.6 Å². The molecule has 21 heavy (non-hydrogen) atoms. The Hall–Kier alpha value is -1.22. The van der Waals surface area contributed by atoms with Crippen LogP contribution in [0.3, 0.4) is 0 Å². The summed E-state index contributed by atoms with van der Waals surface area (Å²) in [6, 6.07) is 4.76. The van der Waals surface area contributed by atoms with E-state index in [1.807, 2.05) is 0 Å². The molecular weight excluding hydrogens is 286 g/mol. The van der Waals surface area contributed by atoms with Gasteiger partial charge in [-0.1, -0.05) is 32.4 Å². The summed E-state index contributed by atoms with van der Waals surface area (Å²) in [5.41, 5.74) is 0.568. The third kappa shape index (κ3) is 2.22. The fourth-order valence-corrected chi connectivity index (χ4v) is 4.73. The molecular formula is C17H22ClNO2. The Morgan fingerprint density at radius 2 is 2.10 bits per heavy atom. The summed E-state index contributed by atoms with van der Waals surface area (Å²) < 4.78 is 0. The second kappa shape index (κ2) is 4.64. The Labute approximate surface area is 130 Å². The van der Waals surface area contributed by atoms with E-state index in [4.69, 9.17) is 11.6 Å². The van der Waals surface area contributed by atoms with Crippen LogP contribution in [-0.4, -0.2) is 17.1 Å². The Kier molecular flexibility index (Phi) is 3.25. The summed E-state index contributed by atoms with van der Waals surface area (Å²) in [6.45, 7) is 6.76. The van der Waals surface area contributed by atoms with E-state index in [-0.39, 0.29) is 28.5 Å². The Balaban J connectivity index is 1.85. The summed E-state index contributed by atoms with van der Waals surface area (Å²) in [7, 11) is 0. The normalized spacial score (nSPS) is 33.1. The van der Waals surface area contributed by atoms with Crippen LogP contribution in [0.25, 0.3) is 0 Å². The lowest BCUT2D eigenvalue weighted by Crippen LogP contribution is -2.52. The second-order valence-electron chi connectivity index (χ2n) is 7.48. The lowest BCUT2D eigenvalue weighted by atomic mass is 9.68. The maximum atomic E-state index is 12.5. The molecule has 1 aromatic carbocycles. The number of phenols is 1. The number of halogens is 1. The molecule has 2 bridgehead atoms. The molecule has 3 unspecified atom stereocenters. The van der Waals surface area contributed by atoms with Crippen molar-refractivity contribution >= 4 is 17.5 Å². The second-order valence-corrected chi connectivity index (χ2v) is 7.92. The first-order chi connectivity index (χ1) is 9.74. The molecule has 0 heterocycles. The lowest BCUT2D eigenvalue weighted by molar-refractivity contribution is 0.0735. The highest BCUT2D eigenvalue weighted by atomic mass is 35.5. The molecule has 3 nitrogen and oxygen atoms in total. The van der Waals surface area contributed by atoms with Gasteiger partial charge >= 0.3 is 0 Å². The molecule has 0 aromatic heterocycles. The highest BCUT2D eigenvalue weighted by Crippen LogP contribution is 2.62. The van der Waals surface area contributed by atoms with Gasteiger partial charge in [0.1, 0.15) is 5.75 Å². The molecule has 4 heteroatoms. The van der Waals surface area contributed by atoms with Crippen LogP contribution in [0.4, 0.5) is 0 Å². The minimum absolute atomic E-state index is 0.0638. The van der Waals surface area contributed by atoms with E-state index in [1.54, 1.807) is 12.1 Å². The standard InChI is InChI=1S/C17H22ClNO2/c1-16(2)10-6-7-17(3,9-10)15(16)19-14(21)12-5-4-11(18)8-13(12)20/h4-5,8,10,15,20H,6-7,9H2,1-3H3,(H,19,21). The molecule has 114 valence electrons. The van der Waals surface area contributed by atoms with Gasteiger partial charge in [0.05, 0.1) is 5.56 Å². The predicted octanol–water partition coefficient (Wildman–Crippen LogP) is 3.99. The Bertz CT molecular complexity index is 594. The number of aromatic hydroxyl groups is 1. The largest absolute Gasteiger partial charge is 0.507 e. The number of fused-ring (bicyclic) bond motifs is 2. The molecule has 0 spiro atoms. The SMILES string of the molecule is CC12CCC(C1)C(C)(C)C2NC(=O)c1ccc(Cl)cc1O. The number of rotatable bonds is 2. The maximum Gasteiger partial charge on any atom is 0.255 e. The number of carbonyl (C=O) groups excluding carboxylic acids is 1. The van der Waals surface area contributed by atoms with Crippen molar-refractivity contribution in [3.63, 3.8) is 0 Å². The lowest BCUT2D eigenvalue weighted by Gasteiger charge is -2.43. The van der Waals surface area contributed by atoms with Gasteiger partial charge in [-0.3, -0.25) is 4.79 Å². The van der Waals surface area contributed by atoms with Crippen molar-refractivity contribution in [2.75, 3.05) is 0 Å². The zero-order chi connectivity index (χ0) is 15.4. The molecule has 1 amide bonds. The van der Waals surface area contributed by atoms with Crippen molar-refractivity contribution in [1.29, 1.82) is 0 Å². The van der Waals surface area contributed by atoms with Crippen LogP contribution in [-0.2, 0) is 0 Å². The van der Waals surface area contributed by atoms with Crippen LogP contribution in [0, 0.1) is 16.7 Å². The van der Waals surface area contributed by atoms with Gasteiger partial charge in [-0.25, -0.2) is 0 Å². The van der Waals surface area contributed by atoms with Crippen molar-refractivity contribution in [2.24, 2.45) is 16.7 Å². The van der Waals surface area contributed by atoms with Gasteiger partial charge in [0, 0.05) is 11.1 Å². The van der Waals surface area contributed by atoms with Gasteiger partial charge in [0.25, 0.3) is 5.91 Å². The molecule has 2 saturated carbocycles. The summed E-state index contributed by atoms with van der Waals surface area (Å²) in [5, 5.41) is 13.5. The third-order valence-corrected chi connectivity index (χ3v) is 5.98. The third-order valence-electron chi connectivity index (χ3n) is 5.75. The Morgan fingerprint density at radius 3 is 2.67 bits per heavy atom. The van der Waals surface area contributed by atoms with Crippen molar-refractivity contribution < 1.29 is 9.90 Å². The first kappa shape index (κ1) is 14.7. The number of nitrogens with one attached hydrogen (secondary N) is 1. The first-order valence-electron chi connectivity index (χ1n) is 7.53.